The number of anilines is 1. The Morgan fingerprint density at radius 3 is 2.88 bits per heavy atom. The van der Waals surface area contributed by atoms with Crippen molar-refractivity contribution in [3.63, 3.8) is 0 Å². The van der Waals surface area contributed by atoms with E-state index in [0.29, 0.717) is 6.04 Å². The first kappa shape index (κ1) is 11.7. The predicted octanol–water partition coefficient (Wildman–Crippen LogP) is 2.37. The third kappa shape index (κ3) is 3.37. The standard InChI is InChI=1S/C12H15IN2O/c1-8(12(16)15-10-5-6-10)14-11-4-2-3-9(13)7-11/h2-4,7-8,10,14H,5-6H2,1H3,(H,15,16). The summed E-state index contributed by atoms with van der Waals surface area (Å²) in [5.41, 5.74) is 0.991. The quantitative estimate of drug-likeness (QED) is 0.833. The number of carbonyl (C=O) groups is 1. The molecule has 2 rings (SSSR count). The molecule has 0 spiro atoms. The average Bonchev–Trinajstić information content (AvgIpc) is 3.01. The van der Waals surface area contributed by atoms with Gasteiger partial charge in [-0.3, -0.25) is 4.79 Å². The number of hydrogen-bond acceptors (Lipinski definition) is 2. The summed E-state index contributed by atoms with van der Waals surface area (Å²) in [7, 11) is 0. The Bertz CT molecular complexity index is 390. The fraction of sp³-hybridized carbons (Fsp3) is 0.417. The summed E-state index contributed by atoms with van der Waals surface area (Å²) in [5.74, 6) is 0.0846. The lowest BCUT2D eigenvalue weighted by Crippen LogP contribution is -2.38. The maximum atomic E-state index is 11.7. The molecule has 1 saturated carbocycles. The van der Waals surface area contributed by atoms with Crippen LogP contribution in [0, 0.1) is 3.57 Å². The van der Waals surface area contributed by atoms with Crippen LogP contribution in [0.3, 0.4) is 0 Å². The van der Waals surface area contributed by atoms with Crippen LogP contribution in [0.2, 0.25) is 0 Å². The zero-order valence-electron chi connectivity index (χ0n) is 9.16. The van der Waals surface area contributed by atoms with Gasteiger partial charge >= 0.3 is 0 Å². The molecule has 1 atom stereocenters. The first-order valence-corrected chi connectivity index (χ1v) is 6.55. The van der Waals surface area contributed by atoms with E-state index in [1.165, 1.54) is 0 Å². The van der Waals surface area contributed by atoms with Crippen molar-refractivity contribution in [3.05, 3.63) is 27.8 Å². The lowest BCUT2D eigenvalue weighted by molar-refractivity contribution is -0.121. The van der Waals surface area contributed by atoms with Crippen LogP contribution < -0.4 is 10.6 Å². The molecule has 1 amide bonds. The minimum atomic E-state index is -0.182. The highest BCUT2D eigenvalue weighted by atomic mass is 127. The molecule has 0 saturated heterocycles. The molecule has 1 fully saturated rings. The highest BCUT2D eigenvalue weighted by Gasteiger charge is 2.25. The van der Waals surface area contributed by atoms with E-state index in [4.69, 9.17) is 0 Å². The van der Waals surface area contributed by atoms with Crippen molar-refractivity contribution in [2.75, 3.05) is 5.32 Å². The van der Waals surface area contributed by atoms with Gasteiger partial charge in [0.1, 0.15) is 6.04 Å². The van der Waals surface area contributed by atoms with Crippen molar-refractivity contribution in [2.24, 2.45) is 0 Å². The largest absolute Gasteiger partial charge is 0.374 e. The van der Waals surface area contributed by atoms with E-state index >= 15 is 0 Å². The van der Waals surface area contributed by atoms with E-state index in [9.17, 15) is 4.79 Å². The molecule has 0 bridgehead atoms. The van der Waals surface area contributed by atoms with Gasteiger partial charge in [0.05, 0.1) is 0 Å². The van der Waals surface area contributed by atoms with Crippen molar-refractivity contribution < 1.29 is 4.79 Å². The van der Waals surface area contributed by atoms with Crippen molar-refractivity contribution in [3.8, 4) is 0 Å². The Morgan fingerprint density at radius 1 is 1.50 bits per heavy atom. The Labute approximate surface area is 109 Å². The summed E-state index contributed by atoms with van der Waals surface area (Å²) >= 11 is 2.26. The molecule has 1 aliphatic carbocycles. The molecule has 1 unspecified atom stereocenters. The monoisotopic (exact) mass is 330 g/mol. The molecule has 0 aliphatic heterocycles. The van der Waals surface area contributed by atoms with Crippen LogP contribution in [0.1, 0.15) is 19.8 Å². The van der Waals surface area contributed by atoms with E-state index in [2.05, 4.69) is 33.2 Å². The minimum absolute atomic E-state index is 0.0846. The molecule has 2 N–H and O–H groups in total. The molecule has 0 aromatic heterocycles. The third-order valence-corrected chi connectivity index (χ3v) is 3.20. The van der Waals surface area contributed by atoms with E-state index in [-0.39, 0.29) is 11.9 Å². The van der Waals surface area contributed by atoms with Gasteiger partial charge in [0.15, 0.2) is 0 Å². The Kier molecular flexibility index (Phi) is 3.68. The number of rotatable bonds is 4. The number of benzene rings is 1. The second-order valence-electron chi connectivity index (χ2n) is 4.16. The lowest BCUT2D eigenvalue weighted by Gasteiger charge is -2.15. The van der Waals surface area contributed by atoms with Gasteiger partial charge in [-0.15, -0.1) is 0 Å². The molecule has 0 radical (unpaired) electrons. The van der Waals surface area contributed by atoms with Gasteiger partial charge in [0.2, 0.25) is 5.91 Å². The fourth-order valence-electron chi connectivity index (χ4n) is 1.45. The number of hydrogen-bond donors (Lipinski definition) is 2. The Hall–Kier alpha value is -0.780. The maximum absolute atomic E-state index is 11.7. The van der Waals surface area contributed by atoms with E-state index in [1.54, 1.807) is 0 Å². The summed E-state index contributed by atoms with van der Waals surface area (Å²) in [5, 5.41) is 6.18. The summed E-state index contributed by atoms with van der Waals surface area (Å²) in [4.78, 5) is 11.7. The summed E-state index contributed by atoms with van der Waals surface area (Å²) in [6, 6.07) is 8.26. The molecule has 4 heteroatoms. The topological polar surface area (TPSA) is 41.1 Å². The fourth-order valence-corrected chi connectivity index (χ4v) is 1.99. The van der Waals surface area contributed by atoms with Crippen LogP contribution in [0.25, 0.3) is 0 Å². The predicted molar refractivity (Wildman–Crippen MR) is 73.4 cm³/mol. The molecule has 3 nitrogen and oxygen atoms in total. The normalized spacial score (nSPS) is 16.6. The van der Waals surface area contributed by atoms with Crippen LogP contribution in [0.4, 0.5) is 5.69 Å². The van der Waals surface area contributed by atoms with Crippen molar-refractivity contribution in [1.29, 1.82) is 0 Å². The molecular weight excluding hydrogens is 315 g/mol. The summed E-state index contributed by atoms with van der Waals surface area (Å²) in [6.45, 7) is 1.89. The number of amides is 1. The summed E-state index contributed by atoms with van der Waals surface area (Å²) in [6.07, 6.45) is 2.25. The van der Waals surface area contributed by atoms with Crippen LogP contribution in [0.15, 0.2) is 24.3 Å². The summed E-state index contributed by atoms with van der Waals surface area (Å²) < 4.78 is 1.16. The van der Waals surface area contributed by atoms with Crippen molar-refractivity contribution >= 4 is 34.2 Å². The first-order valence-electron chi connectivity index (χ1n) is 5.47. The maximum Gasteiger partial charge on any atom is 0.242 e. The third-order valence-electron chi connectivity index (χ3n) is 2.52. The van der Waals surface area contributed by atoms with E-state index in [0.717, 1.165) is 22.1 Å². The van der Waals surface area contributed by atoms with Gasteiger partial charge in [-0.05, 0) is 60.6 Å². The average molecular weight is 330 g/mol. The van der Waals surface area contributed by atoms with E-state index in [1.807, 2.05) is 31.2 Å². The van der Waals surface area contributed by atoms with Gasteiger partial charge in [0.25, 0.3) is 0 Å². The second kappa shape index (κ2) is 5.03. The van der Waals surface area contributed by atoms with Crippen LogP contribution in [-0.2, 0) is 4.79 Å². The van der Waals surface area contributed by atoms with Gasteiger partial charge in [-0.25, -0.2) is 0 Å². The molecular formula is C12H15IN2O. The first-order chi connectivity index (χ1) is 7.65. The lowest BCUT2D eigenvalue weighted by atomic mass is 10.2. The minimum Gasteiger partial charge on any atom is -0.374 e. The zero-order valence-corrected chi connectivity index (χ0v) is 11.3. The van der Waals surface area contributed by atoms with Crippen LogP contribution in [0.5, 0.6) is 0 Å². The number of halogens is 1. The zero-order chi connectivity index (χ0) is 11.5. The molecule has 1 aromatic rings. The van der Waals surface area contributed by atoms with Gasteiger partial charge in [0, 0.05) is 15.3 Å². The van der Waals surface area contributed by atoms with Crippen molar-refractivity contribution in [1.82, 2.24) is 5.32 Å². The van der Waals surface area contributed by atoms with Gasteiger partial charge in [-0.2, -0.15) is 0 Å². The van der Waals surface area contributed by atoms with Crippen molar-refractivity contribution in [2.45, 2.75) is 31.8 Å². The number of nitrogens with one attached hydrogen (secondary N) is 2. The highest BCUT2D eigenvalue weighted by Crippen LogP contribution is 2.19. The second-order valence-corrected chi connectivity index (χ2v) is 5.40. The smallest absolute Gasteiger partial charge is 0.242 e. The SMILES string of the molecule is CC(Nc1cccc(I)c1)C(=O)NC1CC1. The molecule has 1 aliphatic rings. The van der Waals surface area contributed by atoms with E-state index < -0.39 is 0 Å². The molecule has 16 heavy (non-hydrogen) atoms. The van der Waals surface area contributed by atoms with Gasteiger partial charge in [-0.1, -0.05) is 6.07 Å². The van der Waals surface area contributed by atoms with Crippen LogP contribution in [-0.4, -0.2) is 18.0 Å². The van der Waals surface area contributed by atoms with Crippen LogP contribution >= 0.6 is 22.6 Å². The number of carbonyl (C=O) groups excluding carboxylic acids is 1. The highest BCUT2D eigenvalue weighted by molar-refractivity contribution is 14.1. The Balaban J connectivity index is 1.90. The molecule has 0 heterocycles. The molecule has 86 valence electrons. The Morgan fingerprint density at radius 2 is 2.25 bits per heavy atom. The molecule has 1 aromatic carbocycles. The van der Waals surface area contributed by atoms with Gasteiger partial charge < -0.3 is 10.6 Å².